The monoisotopic (exact) mass is 175 g/mol. The van der Waals surface area contributed by atoms with E-state index in [4.69, 9.17) is 0 Å². The number of aliphatic hydroxyl groups is 4. The van der Waals surface area contributed by atoms with E-state index >= 15 is 0 Å². The van der Waals surface area contributed by atoms with Gasteiger partial charge in [-0.3, -0.25) is 5.32 Å². The lowest BCUT2D eigenvalue weighted by atomic mass is 9.94. The molecule has 1 unspecified atom stereocenters. The highest BCUT2D eigenvalue weighted by atomic mass is 16.4. The summed E-state index contributed by atoms with van der Waals surface area (Å²) in [4.78, 5) is 0. The van der Waals surface area contributed by atoms with Crippen molar-refractivity contribution in [3.05, 3.63) is 0 Å². The molecule has 5 atom stereocenters. The van der Waals surface area contributed by atoms with Crippen molar-refractivity contribution in [2.45, 2.75) is 42.9 Å². The molecule has 2 saturated heterocycles. The number of fused-ring (bicyclic) bond motifs is 2. The van der Waals surface area contributed by atoms with Crippen molar-refractivity contribution in [1.82, 2.24) is 5.32 Å². The lowest BCUT2D eigenvalue weighted by molar-refractivity contribution is -0.186. The Bertz CT molecular complexity index is 200. The Morgan fingerprint density at radius 2 is 1.83 bits per heavy atom. The molecule has 5 heteroatoms. The first-order valence-corrected chi connectivity index (χ1v) is 4.09. The summed E-state index contributed by atoms with van der Waals surface area (Å²) in [5, 5.41) is 40.4. The third-order valence-electron chi connectivity index (χ3n) is 2.85. The van der Waals surface area contributed by atoms with Crippen LogP contribution in [-0.2, 0) is 0 Å². The summed E-state index contributed by atoms with van der Waals surface area (Å²) in [6.07, 6.45) is -2.59. The van der Waals surface area contributed by atoms with E-state index in [2.05, 4.69) is 5.32 Å². The standard InChI is InChI=1S/C7H13NO4/c9-4-3-1-2-7(12,8-3)6(11)5(4)10/h3-6,8-12H,1-2H2/t3?,4-,5+,6-,7+/m1/s1. The highest BCUT2D eigenvalue weighted by Gasteiger charge is 2.55. The second-order valence-corrected chi connectivity index (χ2v) is 3.64. The van der Waals surface area contributed by atoms with Crippen molar-refractivity contribution >= 4 is 0 Å². The normalized spacial score (nSPS) is 59.0. The zero-order valence-corrected chi connectivity index (χ0v) is 6.51. The van der Waals surface area contributed by atoms with Crippen LogP contribution in [0.3, 0.4) is 0 Å². The topological polar surface area (TPSA) is 93.0 Å². The van der Waals surface area contributed by atoms with Crippen molar-refractivity contribution in [2.75, 3.05) is 0 Å². The first-order chi connectivity index (χ1) is 5.54. The minimum Gasteiger partial charge on any atom is -0.389 e. The molecule has 0 amide bonds. The van der Waals surface area contributed by atoms with Crippen LogP contribution in [-0.4, -0.2) is 50.5 Å². The van der Waals surface area contributed by atoms with Crippen molar-refractivity contribution in [3.8, 4) is 0 Å². The minimum atomic E-state index is -1.40. The van der Waals surface area contributed by atoms with Crippen molar-refractivity contribution in [1.29, 1.82) is 0 Å². The number of aliphatic hydroxyl groups excluding tert-OH is 3. The van der Waals surface area contributed by atoms with Gasteiger partial charge >= 0.3 is 0 Å². The van der Waals surface area contributed by atoms with Gasteiger partial charge in [0.05, 0.1) is 6.10 Å². The molecular weight excluding hydrogens is 162 g/mol. The SMILES string of the molecule is O[C@H]1[C@H](O)C2CC[C@@](O)(N2)[C@@H]1O. The molecule has 0 spiro atoms. The Hall–Kier alpha value is -0.200. The fourth-order valence-electron chi connectivity index (χ4n) is 2.04. The Kier molecular flexibility index (Phi) is 1.68. The number of hydrogen-bond acceptors (Lipinski definition) is 5. The third-order valence-corrected chi connectivity index (χ3v) is 2.85. The molecule has 5 N–H and O–H groups in total. The van der Waals surface area contributed by atoms with E-state index in [-0.39, 0.29) is 6.04 Å². The van der Waals surface area contributed by atoms with Crippen molar-refractivity contribution in [2.24, 2.45) is 0 Å². The molecule has 0 aliphatic carbocycles. The van der Waals surface area contributed by atoms with Crippen molar-refractivity contribution < 1.29 is 20.4 Å². The van der Waals surface area contributed by atoms with Gasteiger partial charge in [-0.15, -0.1) is 0 Å². The second kappa shape index (κ2) is 2.40. The molecule has 2 heterocycles. The maximum absolute atomic E-state index is 9.65. The fraction of sp³-hybridized carbons (Fsp3) is 1.00. The van der Waals surface area contributed by atoms with E-state index in [0.29, 0.717) is 12.8 Å². The molecule has 2 fully saturated rings. The lowest BCUT2D eigenvalue weighted by Crippen LogP contribution is -2.67. The number of nitrogens with one attached hydrogen (secondary N) is 1. The zero-order valence-electron chi connectivity index (χ0n) is 6.51. The molecule has 0 aromatic carbocycles. The highest BCUT2D eigenvalue weighted by Crippen LogP contribution is 2.34. The van der Waals surface area contributed by atoms with E-state index in [1.165, 1.54) is 0 Å². The molecule has 5 nitrogen and oxygen atoms in total. The molecular formula is C7H13NO4. The molecule has 0 saturated carbocycles. The van der Waals surface area contributed by atoms with Crippen LogP contribution in [0.25, 0.3) is 0 Å². The third kappa shape index (κ3) is 0.915. The summed E-state index contributed by atoms with van der Waals surface area (Å²) in [5.74, 6) is 0. The van der Waals surface area contributed by atoms with E-state index in [9.17, 15) is 20.4 Å². The van der Waals surface area contributed by atoms with Gasteiger partial charge in [0.1, 0.15) is 17.9 Å². The average molecular weight is 175 g/mol. The Morgan fingerprint density at radius 1 is 1.17 bits per heavy atom. The van der Waals surface area contributed by atoms with E-state index in [1.807, 2.05) is 0 Å². The van der Waals surface area contributed by atoms with Gasteiger partial charge in [0.15, 0.2) is 0 Å². The predicted molar refractivity (Wildman–Crippen MR) is 39.1 cm³/mol. The molecule has 2 aliphatic rings. The van der Waals surface area contributed by atoms with Crippen LogP contribution in [0.2, 0.25) is 0 Å². The molecule has 2 aliphatic heterocycles. The van der Waals surface area contributed by atoms with Crippen LogP contribution in [0.1, 0.15) is 12.8 Å². The molecule has 0 aromatic rings. The Labute approximate surface area is 69.6 Å². The van der Waals surface area contributed by atoms with Crippen LogP contribution < -0.4 is 5.32 Å². The van der Waals surface area contributed by atoms with Gasteiger partial charge in [0, 0.05) is 6.04 Å². The number of hydrogen-bond donors (Lipinski definition) is 5. The maximum atomic E-state index is 9.65. The van der Waals surface area contributed by atoms with Gasteiger partial charge in [0.25, 0.3) is 0 Å². The first-order valence-electron chi connectivity index (χ1n) is 4.09. The average Bonchev–Trinajstić information content (AvgIpc) is 2.41. The summed E-state index contributed by atoms with van der Waals surface area (Å²) in [6.45, 7) is 0. The molecule has 0 aromatic heterocycles. The lowest BCUT2D eigenvalue weighted by Gasteiger charge is -2.40. The van der Waals surface area contributed by atoms with E-state index in [0.717, 1.165) is 0 Å². The summed E-state index contributed by atoms with van der Waals surface area (Å²) in [5.41, 5.74) is -1.40. The summed E-state index contributed by atoms with van der Waals surface area (Å²) >= 11 is 0. The van der Waals surface area contributed by atoms with Gasteiger partial charge < -0.3 is 20.4 Å². The molecule has 12 heavy (non-hydrogen) atoms. The Morgan fingerprint density at radius 3 is 2.50 bits per heavy atom. The second-order valence-electron chi connectivity index (χ2n) is 3.64. The number of piperidine rings is 1. The van der Waals surface area contributed by atoms with Gasteiger partial charge in [-0.25, -0.2) is 0 Å². The van der Waals surface area contributed by atoms with Crippen LogP contribution in [0.4, 0.5) is 0 Å². The van der Waals surface area contributed by atoms with Crippen LogP contribution in [0.15, 0.2) is 0 Å². The van der Waals surface area contributed by atoms with E-state index in [1.54, 1.807) is 0 Å². The summed E-state index contributed by atoms with van der Waals surface area (Å²) in [7, 11) is 0. The van der Waals surface area contributed by atoms with Crippen LogP contribution in [0, 0.1) is 0 Å². The van der Waals surface area contributed by atoms with Crippen LogP contribution >= 0.6 is 0 Å². The molecule has 70 valence electrons. The van der Waals surface area contributed by atoms with Gasteiger partial charge in [-0.05, 0) is 12.8 Å². The first kappa shape index (κ1) is 8.40. The largest absolute Gasteiger partial charge is 0.389 e. The molecule has 2 rings (SSSR count). The van der Waals surface area contributed by atoms with Gasteiger partial charge in [0.2, 0.25) is 0 Å². The van der Waals surface area contributed by atoms with Crippen LogP contribution in [0.5, 0.6) is 0 Å². The maximum Gasteiger partial charge on any atom is 0.145 e. The number of rotatable bonds is 0. The minimum absolute atomic E-state index is 0.298. The predicted octanol–water partition coefficient (Wildman–Crippen LogP) is -2.48. The molecule has 0 radical (unpaired) electrons. The summed E-state index contributed by atoms with van der Waals surface area (Å²) < 4.78 is 0. The van der Waals surface area contributed by atoms with Gasteiger partial charge in [-0.1, -0.05) is 0 Å². The fourth-order valence-corrected chi connectivity index (χ4v) is 2.04. The smallest absolute Gasteiger partial charge is 0.145 e. The Balaban J connectivity index is 2.25. The van der Waals surface area contributed by atoms with Crippen molar-refractivity contribution in [3.63, 3.8) is 0 Å². The quantitative estimate of drug-likeness (QED) is 0.281. The summed E-state index contributed by atoms with van der Waals surface area (Å²) in [6, 6.07) is -0.298. The highest BCUT2D eigenvalue weighted by molar-refractivity contribution is 5.07. The molecule has 2 bridgehead atoms. The zero-order chi connectivity index (χ0) is 8.93. The van der Waals surface area contributed by atoms with Gasteiger partial charge in [-0.2, -0.15) is 0 Å². The van der Waals surface area contributed by atoms with E-state index < -0.39 is 24.0 Å².